The monoisotopic (exact) mass is 321 g/mol. The van der Waals surface area contributed by atoms with Crippen LogP contribution in [0.1, 0.15) is 44.7 Å². The summed E-state index contributed by atoms with van der Waals surface area (Å²) < 4.78 is 0. The maximum absolute atomic E-state index is 12.7. The first-order valence-electron chi connectivity index (χ1n) is 8.51. The fourth-order valence-electron chi connectivity index (χ4n) is 3.21. The summed E-state index contributed by atoms with van der Waals surface area (Å²) in [6.07, 6.45) is 1.73. The van der Waals surface area contributed by atoms with E-state index in [2.05, 4.69) is 0 Å². The normalized spacial score (nSPS) is 17.6. The Balaban J connectivity index is 1.71. The van der Waals surface area contributed by atoms with Crippen LogP contribution in [0.2, 0.25) is 0 Å². The number of piperidine rings is 1. The molecular weight excluding hydrogens is 298 g/mol. The van der Waals surface area contributed by atoms with Crippen LogP contribution in [0.4, 0.5) is 0 Å². The Hall–Kier alpha value is -2.42. The number of aryl methyl sites for hydroxylation is 2. The van der Waals surface area contributed by atoms with Crippen LogP contribution in [0.3, 0.4) is 0 Å². The van der Waals surface area contributed by atoms with Gasteiger partial charge in [0, 0.05) is 30.1 Å². The Bertz CT molecular complexity index is 668. The van der Waals surface area contributed by atoms with Gasteiger partial charge in [-0.1, -0.05) is 47.5 Å². The zero-order valence-electron chi connectivity index (χ0n) is 14.3. The predicted octanol–water partition coefficient (Wildman–Crippen LogP) is 4.04. The molecule has 1 atom stereocenters. The van der Waals surface area contributed by atoms with Crippen molar-refractivity contribution < 1.29 is 9.59 Å². The van der Waals surface area contributed by atoms with Gasteiger partial charge < -0.3 is 4.90 Å². The molecule has 0 spiro atoms. The lowest BCUT2D eigenvalue weighted by Crippen LogP contribution is -2.42. The van der Waals surface area contributed by atoms with Gasteiger partial charge in [0.15, 0.2) is 5.78 Å². The molecule has 1 aliphatic rings. The summed E-state index contributed by atoms with van der Waals surface area (Å²) in [5, 5.41) is 0. The number of nitrogens with zero attached hydrogens (tertiary/aromatic N) is 1. The molecule has 3 rings (SSSR count). The van der Waals surface area contributed by atoms with Gasteiger partial charge in [-0.05, 0) is 38.8 Å². The molecule has 0 saturated carbocycles. The van der Waals surface area contributed by atoms with Crippen molar-refractivity contribution >= 4 is 11.7 Å². The molecule has 124 valence electrons. The molecule has 1 amide bonds. The molecule has 2 aromatic carbocycles. The number of Topliss-reactive ketones (excluding diaryl/α,β-unsaturated/α-hetero) is 1. The highest BCUT2D eigenvalue weighted by atomic mass is 16.2. The molecule has 0 bridgehead atoms. The third-order valence-electron chi connectivity index (χ3n) is 4.71. The minimum absolute atomic E-state index is 0.0245. The average Bonchev–Trinajstić information content (AvgIpc) is 2.62. The van der Waals surface area contributed by atoms with Crippen molar-refractivity contribution in [2.45, 2.75) is 26.7 Å². The number of benzene rings is 2. The Labute approximate surface area is 143 Å². The van der Waals surface area contributed by atoms with E-state index in [0.717, 1.165) is 36.1 Å². The second-order valence-corrected chi connectivity index (χ2v) is 6.69. The number of amides is 1. The van der Waals surface area contributed by atoms with E-state index in [-0.39, 0.29) is 17.6 Å². The quantitative estimate of drug-likeness (QED) is 0.800. The molecule has 1 fully saturated rings. The van der Waals surface area contributed by atoms with E-state index >= 15 is 0 Å². The van der Waals surface area contributed by atoms with Gasteiger partial charge in [-0.2, -0.15) is 0 Å². The molecule has 2 aromatic rings. The Morgan fingerprint density at radius 3 is 2.00 bits per heavy atom. The van der Waals surface area contributed by atoms with Crippen molar-refractivity contribution in [1.82, 2.24) is 4.90 Å². The van der Waals surface area contributed by atoms with Gasteiger partial charge >= 0.3 is 0 Å². The number of likely N-dealkylation sites (tertiary alicyclic amines) is 1. The first-order chi connectivity index (χ1) is 11.5. The SMILES string of the molecule is Cc1ccc(C(=O)C2CCCN(C(=O)c3ccc(C)cc3)C2)cc1. The van der Waals surface area contributed by atoms with Gasteiger partial charge in [0.2, 0.25) is 0 Å². The lowest BCUT2D eigenvalue weighted by molar-refractivity contribution is 0.0637. The minimum atomic E-state index is -0.101. The molecule has 1 saturated heterocycles. The summed E-state index contributed by atoms with van der Waals surface area (Å²) in [4.78, 5) is 27.2. The summed E-state index contributed by atoms with van der Waals surface area (Å²) in [6, 6.07) is 15.3. The molecule has 0 aliphatic carbocycles. The van der Waals surface area contributed by atoms with Crippen molar-refractivity contribution in [3.8, 4) is 0 Å². The van der Waals surface area contributed by atoms with E-state index in [4.69, 9.17) is 0 Å². The van der Waals surface area contributed by atoms with Gasteiger partial charge in [-0.15, -0.1) is 0 Å². The summed E-state index contributed by atoms with van der Waals surface area (Å²) >= 11 is 0. The van der Waals surface area contributed by atoms with Crippen molar-refractivity contribution in [3.05, 3.63) is 70.8 Å². The van der Waals surface area contributed by atoms with Crippen LogP contribution >= 0.6 is 0 Å². The molecule has 3 nitrogen and oxygen atoms in total. The minimum Gasteiger partial charge on any atom is -0.338 e. The van der Waals surface area contributed by atoms with Crippen LogP contribution < -0.4 is 0 Å². The number of hydrogen-bond acceptors (Lipinski definition) is 2. The van der Waals surface area contributed by atoms with Gasteiger partial charge in [0.05, 0.1) is 0 Å². The van der Waals surface area contributed by atoms with Gasteiger partial charge in [0.25, 0.3) is 5.91 Å². The summed E-state index contributed by atoms with van der Waals surface area (Å²) in [7, 11) is 0. The second kappa shape index (κ2) is 7.00. The van der Waals surface area contributed by atoms with Crippen molar-refractivity contribution in [2.75, 3.05) is 13.1 Å². The van der Waals surface area contributed by atoms with E-state index < -0.39 is 0 Å². The summed E-state index contributed by atoms with van der Waals surface area (Å²) in [6.45, 7) is 5.26. The fourth-order valence-corrected chi connectivity index (χ4v) is 3.21. The largest absolute Gasteiger partial charge is 0.338 e. The smallest absolute Gasteiger partial charge is 0.253 e. The first kappa shape index (κ1) is 16.4. The predicted molar refractivity (Wildman–Crippen MR) is 95.3 cm³/mol. The molecule has 0 aromatic heterocycles. The van der Waals surface area contributed by atoms with E-state index in [9.17, 15) is 9.59 Å². The van der Waals surface area contributed by atoms with E-state index in [0.29, 0.717) is 12.1 Å². The van der Waals surface area contributed by atoms with Gasteiger partial charge in [-0.3, -0.25) is 9.59 Å². The van der Waals surface area contributed by atoms with E-state index in [1.807, 2.05) is 67.3 Å². The molecule has 1 heterocycles. The lowest BCUT2D eigenvalue weighted by Gasteiger charge is -2.32. The summed E-state index contributed by atoms with van der Waals surface area (Å²) in [5.41, 5.74) is 3.73. The molecule has 1 unspecified atom stereocenters. The van der Waals surface area contributed by atoms with Crippen LogP contribution in [0.25, 0.3) is 0 Å². The Kier molecular flexibility index (Phi) is 4.79. The second-order valence-electron chi connectivity index (χ2n) is 6.69. The molecule has 1 aliphatic heterocycles. The van der Waals surface area contributed by atoms with Crippen molar-refractivity contribution in [3.63, 3.8) is 0 Å². The van der Waals surface area contributed by atoms with Crippen LogP contribution in [0.15, 0.2) is 48.5 Å². The van der Waals surface area contributed by atoms with Crippen LogP contribution in [0.5, 0.6) is 0 Å². The number of carbonyl (C=O) groups excluding carboxylic acids is 2. The van der Waals surface area contributed by atoms with E-state index in [1.54, 1.807) is 0 Å². The molecule has 0 radical (unpaired) electrons. The highest BCUT2D eigenvalue weighted by Gasteiger charge is 2.29. The first-order valence-corrected chi connectivity index (χ1v) is 8.51. The standard InChI is InChI=1S/C21H23NO2/c1-15-5-9-17(10-6-15)20(23)19-4-3-13-22(14-19)21(24)18-11-7-16(2)8-12-18/h5-12,19H,3-4,13-14H2,1-2H3. The Morgan fingerprint density at radius 1 is 0.875 bits per heavy atom. The topological polar surface area (TPSA) is 37.4 Å². The van der Waals surface area contributed by atoms with Gasteiger partial charge in [0.1, 0.15) is 0 Å². The third-order valence-corrected chi connectivity index (χ3v) is 4.71. The number of hydrogen-bond donors (Lipinski definition) is 0. The van der Waals surface area contributed by atoms with Gasteiger partial charge in [-0.25, -0.2) is 0 Å². The number of ketones is 1. The number of rotatable bonds is 3. The zero-order valence-corrected chi connectivity index (χ0v) is 14.3. The fraction of sp³-hybridized carbons (Fsp3) is 0.333. The van der Waals surface area contributed by atoms with Crippen LogP contribution in [0, 0.1) is 19.8 Å². The molecule has 3 heteroatoms. The third kappa shape index (κ3) is 3.56. The van der Waals surface area contributed by atoms with Crippen LogP contribution in [-0.4, -0.2) is 29.7 Å². The van der Waals surface area contributed by atoms with Crippen molar-refractivity contribution in [2.24, 2.45) is 5.92 Å². The number of carbonyl (C=O) groups is 2. The molecular formula is C21H23NO2. The molecule has 0 N–H and O–H groups in total. The lowest BCUT2D eigenvalue weighted by atomic mass is 9.89. The zero-order chi connectivity index (χ0) is 17.1. The maximum Gasteiger partial charge on any atom is 0.253 e. The maximum atomic E-state index is 12.7. The van der Waals surface area contributed by atoms with Crippen molar-refractivity contribution in [1.29, 1.82) is 0 Å². The Morgan fingerprint density at radius 2 is 1.42 bits per heavy atom. The van der Waals surface area contributed by atoms with Crippen LogP contribution in [-0.2, 0) is 0 Å². The molecule has 24 heavy (non-hydrogen) atoms. The highest BCUT2D eigenvalue weighted by molar-refractivity contribution is 5.99. The highest BCUT2D eigenvalue weighted by Crippen LogP contribution is 2.23. The average molecular weight is 321 g/mol. The summed E-state index contributed by atoms with van der Waals surface area (Å²) in [5.74, 6) is 0.0728. The van der Waals surface area contributed by atoms with E-state index in [1.165, 1.54) is 0 Å².